The summed E-state index contributed by atoms with van der Waals surface area (Å²) in [6.07, 6.45) is -0.0340. The number of carbonyl (C=O) groups is 1. The number of nitrogens with zero attached hydrogens (tertiary/aromatic N) is 2. The maximum Gasteiger partial charge on any atom is 0.236 e. The van der Waals surface area contributed by atoms with Crippen LogP contribution in [0.3, 0.4) is 0 Å². The lowest BCUT2D eigenvalue weighted by atomic mass is 10.1. The van der Waals surface area contributed by atoms with Crippen LogP contribution in [0.1, 0.15) is 27.2 Å². The fraction of sp³-hybridized carbons (Fsp3) is 0.750. The monoisotopic (exact) mass is 154 g/mol. The van der Waals surface area contributed by atoms with Gasteiger partial charge in [-0.05, 0) is 20.8 Å². The van der Waals surface area contributed by atoms with Crippen LogP contribution in [-0.4, -0.2) is 23.4 Å². The van der Waals surface area contributed by atoms with Crippen LogP contribution in [0.4, 0.5) is 0 Å². The minimum absolute atomic E-state index is 0.0340. The maximum absolute atomic E-state index is 11.1. The molecule has 62 valence electrons. The van der Waals surface area contributed by atoms with Gasteiger partial charge in [-0.25, -0.2) is 0 Å². The molecule has 0 aromatic heterocycles. The minimum atomic E-state index is -0.187. The first-order valence-electron chi connectivity index (χ1n) is 3.53. The van der Waals surface area contributed by atoms with Gasteiger partial charge in [0.1, 0.15) is 6.42 Å². The summed E-state index contributed by atoms with van der Waals surface area (Å²) in [5, 5.41) is 8.25. The third-order valence-corrected chi connectivity index (χ3v) is 1.61. The van der Waals surface area contributed by atoms with Crippen LogP contribution in [0.25, 0.3) is 0 Å². The Morgan fingerprint density at radius 3 is 2.27 bits per heavy atom. The summed E-state index contributed by atoms with van der Waals surface area (Å²) in [4.78, 5) is 12.7. The van der Waals surface area contributed by atoms with E-state index in [9.17, 15) is 4.79 Å². The Labute approximate surface area is 67.6 Å². The lowest BCUT2D eigenvalue weighted by Crippen LogP contribution is -2.42. The molecule has 0 N–H and O–H groups in total. The highest BCUT2D eigenvalue weighted by atomic mass is 16.2. The molecule has 0 rings (SSSR count). The Bertz CT molecular complexity index is 185. The van der Waals surface area contributed by atoms with Crippen molar-refractivity contribution < 1.29 is 4.79 Å². The standard InChI is InChI=1S/C8H14N2O/c1-8(2,3)10(4)7(11)5-6-9/h5H2,1-4H3. The van der Waals surface area contributed by atoms with Gasteiger partial charge < -0.3 is 4.90 Å². The van der Waals surface area contributed by atoms with Crippen LogP contribution in [0, 0.1) is 11.3 Å². The molecule has 0 fully saturated rings. The van der Waals surface area contributed by atoms with E-state index in [-0.39, 0.29) is 17.9 Å². The molecule has 0 heterocycles. The van der Waals surface area contributed by atoms with E-state index in [1.54, 1.807) is 11.9 Å². The van der Waals surface area contributed by atoms with E-state index in [1.807, 2.05) is 26.8 Å². The summed E-state index contributed by atoms with van der Waals surface area (Å²) in [5.74, 6) is -0.125. The highest BCUT2D eigenvalue weighted by molar-refractivity contribution is 5.78. The van der Waals surface area contributed by atoms with Crippen molar-refractivity contribution in [3.8, 4) is 6.07 Å². The second-order valence-corrected chi connectivity index (χ2v) is 3.46. The summed E-state index contributed by atoms with van der Waals surface area (Å²) < 4.78 is 0. The van der Waals surface area contributed by atoms with Crippen LogP contribution in [0.2, 0.25) is 0 Å². The lowest BCUT2D eigenvalue weighted by Gasteiger charge is -2.31. The third kappa shape index (κ3) is 3.03. The first kappa shape index (κ1) is 9.96. The van der Waals surface area contributed by atoms with Gasteiger partial charge in [-0.3, -0.25) is 4.79 Å². The Balaban J connectivity index is 4.17. The topological polar surface area (TPSA) is 44.1 Å². The summed E-state index contributed by atoms with van der Waals surface area (Å²) in [6.45, 7) is 5.80. The van der Waals surface area contributed by atoms with E-state index < -0.39 is 0 Å². The van der Waals surface area contributed by atoms with Crippen LogP contribution in [0.15, 0.2) is 0 Å². The van der Waals surface area contributed by atoms with Crippen molar-refractivity contribution in [1.29, 1.82) is 5.26 Å². The van der Waals surface area contributed by atoms with Gasteiger partial charge in [0.25, 0.3) is 0 Å². The Kier molecular flexibility index (Phi) is 3.06. The molecule has 0 radical (unpaired) electrons. The lowest BCUT2D eigenvalue weighted by molar-refractivity contribution is -0.132. The first-order valence-corrected chi connectivity index (χ1v) is 3.53. The fourth-order valence-corrected chi connectivity index (χ4v) is 0.560. The average Bonchev–Trinajstić information content (AvgIpc) is 1.85. The normalized spacial score (nSPS) is 10.5. The smallest absolute Gasteiger partial charge is 0.236 e. The van der Waals surface area contributed by atoms with Crippen LogP contribution in [0.5, 0.6) is 0 Å². The molecule has 1 amide bonds. The largest absolute Gasteiger partial charge is 0.340 e. The van der Waals surface area contributed by atoms with E-state index in [0.717, 1.165) is 0 Å². The predicted octanol–water partition coefficient (Wildman–Crippen LogP) is 1.16. The van der Waals surface area contributed by atoms with Crippen molar-refractivity contribution in [3.63, 3.8) is 0 Å². The number of amides is 1. The fourth-order valence-electron chi connectivity index (χ4n) is 0.560. The first-order chi connectivity index (χ1) is 4.89. The van der Waals surface area contributed by atoms with Crippen LogP contribution < -0.4 is 0 Å². The number of hydrogen-bond acceptors (Lipinski definition) is 2. The molecular formula is C8H14N2O. The third-order valence-electron chi connectivity index (χ3n) is 1.61. The Morgan fingerprint density at radius 2 is 2.00 bits per heavy atom. The van der Waals surface area contributed by atoms with E-state index in [0.29, 0.717) is 0 Å². The van der Waals surface area contributed by atoms with Crippen LogP contribution in [-0.2, 0) is 4.79 Å². The van der Waals surface area contributed by atoms with E-state index in [2.05, 4.69) is 0 Å². The Morgan fingerprint density at radius 1 is 1.55 bits per heavy atom. The minimum Gasteiger partial charge on any atom is -0.340 e. The molecule has 0 bridgehead atoms. The summed E-state index contributed by atoms with van der Waals surface area (Å²) in [7, 11) is 1.71. The molecule has 0 unspecified atom stereocenters. The highest BCUT2D eigenvalue weighted by Gasteiger charge is 2.21. The molecule has 0 aromatic rings. The van der Waals surface area contributed by atoms with Gasteiger partial charge in [0.2, 0.25) is 5.91 Å². The van der Waals surface area contributed by atoms with Crippen molar-refractivity contribution in [3.05, 3.63) is 0 Å². The quantitative estimate of drug-likeness (QED) is 0.568. The van der Waals surface area contributed by atoms with Gasteiger partial charge in [0.15, 0.2) is 0 Å². The summed E-state index contributed by atoms with van der Waals surface area (Å²) in [5.41, 5.74) is -0.187. The second-order valence-electron chi connectivity index (χ2n) is 3.46. The van der Waals surface area contributed by atoms with Crippen molar-refractivity contribution in [2.24, 2.45) is 0 Å². The molecule has 3 heteroatoms. The average molecular weight is 154 g/mol. The number of nitriles is 1. The molecule has 0 aromatic carbocycles. The molecular weight excluding hydrogens is 140 g/mol. The van der Waals surface area contributed by atoms with Gasteiger partial charge in [0.05, 0.1) is 6.07 Å². The number of hydrogen-bond donors (Lipinski definition) is 0. The van der Waals surface area contributed by atoms with E-state index in [4.69, 9.17) is 5.26 Å². The maximum atomic E-state index is 11.1. The molecule has 0 atom stereocenters. The molecule has 0 saturated heterocycles. The Hall–Kier alpha value is -1.04. The van der Waals surface area contributed by atoms with Gasteiger partial charge in [0, 0.05) is 12.6 Å². The number of rotatable bonds is 1. The second kappa shape index (κ2) is 3.38. The summed E-state index contributed by atoms with van der Waals surface area (Å²) in [6, 6.07) is 1.83. The zero-order valence-corrected chi connectivity index (χ0v) is 7.51. The zero-order chi connectivity index (χ0) is 9.07. The molecule has 11 heavy (non-hydrogen) atoms. The highest BCUT2D eigenvalue weighted by Crippen LogP contribution is 2.10. The predicted molar refractivity (Wildman–Crippen MR) is 42.8 cm³/mol. The molecule has 0 saturated carbocycles. The molecule has 0 aliphatic rings. The van der Waals surface area contributed by atoms with Gasteiger partial charge in [-0.1, -0.05) is 0 Å². The molecule has 0 aliphatic carbocycles. The number of carbonyl (C=O) groups excluding carboxylic acids is 1. The van der Waals surface area contributed by atoms with Crippen molar-refractivity contribution in [2.45, 2.75) is 32.7 Å². The SMILES string of the molecule is CN(C(=O)CC#N)C(C)(C)C. The van der Waals surface area contributed by atoms with E-state index in [1.165, 1.54) is 0 Å². The molecule has 0 aliphatic heterocycles. The van der Waals surface area contributed by atoms with Crippen molar-refractivity contribution in [2.75, 3.05) is 7.05 Å². The molecule has 0 spiro atoms. The summed E-state index contributed by atoms with van der Waals surface area (Å²) >= 11 is 0. The zero-order valence-electron chi connectivity index (χ0n) is 7.51. The van der Waals surface area contributed by atoms with Gasteiger partial charge in [-0.2, -0.15) is 5.26 Å². The van der Waals surface area contributed by atoms with E-state index >= 15 is 0 Å². The van der Waals surface area contributed by atoms with Gasteiger partial charge >= 0.3 is 0 Å². The van der Waals surface area contributed by atoms with Crippen molar-refractivity contribution in [1.82, 2.24) is 4.90 Å². The molecule has 3 nitrogen and oxygen atoms in total. The van der Waals surface area contributed by atoms with Crippen molar-refractivity contribution >= 4 is 5.91 Å². The van der Waals surface area contributed by atoms with Gasteiger partial charge in [-0.15, -0.1) is 0 Å². The van der Waals surface area contributed by atoms with Crippen LogP contribution >= 0.6 is 0 Å².